The minimum Gasteiger partial charge on any atom is -0.475 e. The van der Waals surface area contributed by atoms with Crippen LogP contribution < -0.4 is 10.6 Å². The van der Waals surface area contributed by atoms with Crippen LogP contribution in [0.15, 0.2) is 16.5 Å². The van der Waals surface area contributed by atoms with Gasteiger partial charge in [-0.1, -0.05) is 27.7 Å². The number of furan rings is 1. The number of carboxylic acids is 1. The molecular weight excluding hydrogens is 260 g/mol. The number of carboxylic acid groups (broad SMARTS) is 1. The molecule has 0 atom stereocenters. The molecular formula is C14H20N2O4. The summed E-state index contributed by atoms with van der Waals surface area (Å²) in [5.41, 5.74) is 0.150. The van der Waals surface area contributed by atoms with Crippen LogP contribution in [-0.4, -0.2) is 23.1 Å². The molecule has 1 aliphatic carbocycles. The molecule has 0 spiro atoms. The molecule has 0 radical (unpaired) electrons. The highest BCUT2D eigenvalue weighted by molar-refractivity contribution is 5.84. The minimum absolute atomic E-state index is 0.0749. The Morgan fingerprint density at radius 3 is 2.30 bits per heavy atom. The van der Waals surface area contributed by atoms with Crippen molar-refractivity contribution in [1.29, 1.82) is 0 Å². The van der Waals surface area contributed by atoms with E-state index in [0.29, 0.717) is 5.76 Å². The van der Waals surface area contributed by atoms with Gasteiger partial charge in [0.1, 0.15) is 5.76 Å². The van der Waals surface area contributed by atoms with Crippen molar-refractivity contribution in [1.82, 2.24) is 10.6 Å². The lowest BCUT2D eigenvalue weighted by Gasteiger charge is -2.07. The lowest BCUT2D eigenvalue weighted by Crippen LogP contribution is -2.38. The van der Waals surface area contributed by atoms with Crippen LogP contribution in [0.1, 0.15) is 44.0 Å². The molecule has 6 heteroatoms. The summed E-state index contributed by atoms with van der Waals surface area (Å²) in [6, 6.07) is 2.75. The van der Waals surface area contributed by atoms with Crippen LogP contribution in [0.25, 0.3) is 0 Å². The lowest BCUT2D eigenvalue weighted by molar-refractivity contribution is 0.0660. The van der Waals surface area contributed by atoms with Crippen LogP contribution in [0.4, 0.5) is 4.79 Å². The minimum atomic E-state index is -1.12. The quantitative estimate of drug-likeness (QED) is 0.788. The van der Waals surface area contributed by atoms with Gasteiger partial charge in [0.2, 0.25) is 5.76 Å². The number of hydrogen-bond donors (Lipinski definition) is 3. The summed E-state index contributed by atoms with van der Waals surface area (Å²) in [7, 11) is 0. The average Bonchev–Trinajstić information content (AvgIpc) is 2.76. The standard InChI is InChI=1S/C14H20N2O4/c1-13(2)11(14(13,3)4)16-12(19)15-7-8-5-6-9(20-8)10(17)18/h5-6,11H,7H2,1-4H3,(H,17,18)(H2,15,16,19). The van der Waals surface area contributed by atoms with Gasteiger partial charge in [-0.25, -0.2) is 9.59 Å². The first-order valence-electron chi connectivity index (χ1n) is 6.52. The molecule has 2 amide bonds. The van der Waals surface area contributed by atoms with Gasteiger partial charge in [-0.3, -0.25) is 0 Å². The molecule has 2 rings (SSSR count). The van der Waals surface area contributed by atoms with Crippen LogP contribution >= 0.6 is 0 Å². The van der Waals surface area contributed by atoms with E-state index in [1.54, 1.807) is 0 Å². The first-order chi connectivity index (χ1) is 9.16. The zero-order valence-corrected chi connectivity index (χ0v) is 12.1. The molecule has 0 unspecified atom stereocenters. The van der Waals surface area contributed by atoms with Crippen molar-refractivity contribution in [3.8, 4) is 0 Å². The maximum absolute atomic E-state index is 11.8. The molecule has 0 aliphatic heterocycles. The number of carbonyl (C=O) groups excluding carboxylic acids is 1. The second-order valence-electron chi connectivity index (χ2n) is 6.27. The Kier molecular flexibility index (Phi) is 3.28. The van der Waals surface area contributed by atoms with Gasteiger partial charge >= 0.3 is 12.0 Å². The van der Waals surface area contributed by atoms with E-state index < -0.39 is 5.97 Å². The highest BCUT2D eigenvalue weighted by atomic mass is 16.4. The molecule has 6 nitrogen and oxygen atoms in total. The topological polar surface area (TPSA) is 91.6 Å². The lowest BCUT2D eigenvalue weighted by atomic mass is 10.0. The van der Waals surface area contributed by atoms with E-state index in [9.17, 15) is 9.59 Å². The molecule has 1 aromatic rings. The SMILES string of the molecule is CC1(C)C(NC(=O)NCc2ccc(C(=O)O)o2)C1(C)C. The number of hydrogen-bond acceptors (Lipinski definition) is 3. The molecule has 1 heterocycles. The highest BCUT2D eigenvalue weighted by Crippen LogP contribution is 2.62. The number of rotatable bonds is 4. The number of carbonyl (C=O) groups is 2. The van der Waals surface area contributed by atoms with Gasteiger partial charge in [-0.2, -0.15) is 0 Å². The zero-order chi connectivity index (χ0) is 15.1. The van der Waals surface area contributed by atoms with Gasteiger partial charge in [0, 0.05) is 6.04 Å². The maximum atomic E-state index is 11.8. The first kappa shape index (κ1) is 14.4. The second-order valence-corrected chi connectivity index (χ2v) is 6.27. The highest BCUT2D eigenvalue weighted by Gasteiger charge is 2.65. The van der Waals surface area contributed by atoms with Crippen LogP contribution in [-0.2, 0) is 6.54 Å². The first-order valence-corrected chi connectivity index (χ1v) is 6.52. The Labute approximate surface area is 117 Å². The van der Waals surface area contributed by atoms with E-state index >= 15 is 0 Å². The van der Waals surface area contributed by atoms with E-state index in [0.717, 1.165) is 0 Å². The fraction of sp³-hybridized carbons (Fsp3) is 0.571. The summed E-state index contributed by atoms with van der Waals surface area (Å²) in [5.74, 6) is -0.847. The Bertz CT molecular complexity index is 531. The maximum Gasteiger partial charge on any atom is 0.371 e. The van der Waals surface area contributed by atoms with E-state index in [2.05, 4.69) is 38.3 Å². The Morgan fingerprint density at radius 1 is 1.25 bits per heavy atom. The molecule has 0 bridgehead atoms. The van der Waals surface area contributed by atoms with Crippen molar-refractivity contribution in [3.05, 3.63) is 23.7 Å². The Balaban J connectivity index is 1.83. The van der Waals surface area contributed by atoms with Gasteiger partial charge in [0.05, 0.1) is 6.54 Å². The molecule has 1 aromatic heterocycles. The van der Waals surface area contributed by atoms with Gasteiger partial charge in [-0.05, 0) is 23.0 Å². The predicted molar refractivity (Wildman–Crippen MR) is 72.4 cm³/mol. The van der Waals surface area contributed by atoms with Gasteiger partial charge in [0.15, 0.2) is 0 Å². The average molecular weight is 280 g/mol. The van der Waals surface area contributed by atoms with Crippen molar-refractivity contribution in [2.75, 3.05) is 0 Å². The molecule has 3 N–H and O–H groups in total. The Hall–Kier alpha value is -1.98. The summed E-state index contributed by atoms with van der Waals surface area (Å²) < 4.78 is 5.06. The Morgan fingerprint density at radius 2 is 1.85 bits per heavy atom. The van der Waals surface area contributed by atoms with Crippen molar-refractivity contribution in [3.63, 3.8) is 0 Å². The van der Waals surface area contributed by atoms with E-state index in [-0.39, 0.29) is 35.2 Å². The summed E-state index contributed by atoms with van der Waals surface area (Å²) in [6.07, 6.45) is 0. The third-order valence-corrected chi connectivity index (χ3v) is 4.59. The third-order valence-electron chi connectivity index (χ3n) is 4.59. The van der Waals surface area contributed by atoms with Crippen LogP contribution in [0.3, 0.4) is 0 Å². The fourth-order valence-electron chi connectivity index (χ4n) is 2.49. The molecule has 0 saturated heterocycles. The van der Waals surface area contributed by atoms with Crippen LogP contribution in [0.5, 0.6) is 0 Å². The number of nitrogens with one attached hydrogen (secondary N) is 2. The van der Waals surface area contributed by atoms with Crippen molar-refractivity contribution in [2.45, 2.75) is 40.3 Å². The van der Waals surface area contributed by atoms with Crippen LogP contribution in [0.2, 0.25) is 0 Å². The monoisotopic (exact) mass is 280 g/mol. The van der Waals surface area contributed by atoms with E-state index in [4.69, 9.17) is 9.52 Å². The summed E-state index contributed by atoms with van der Waals surface area (Å²) >= 11 is 0. The molecule has 20 heavy (non-hydrogen) atoms. The number of aromatic carboxylic acids is 1. The van der Waals surface area contributed by atoms with Crippen molar-refractivity contribution < 1.29 is 19.1 Å². The van der Waals surface area contributed by atoms with E-state index in [1.165, 1.54) is 12.1 Å². The summed E-state index contributed by atoms with van der Waals surface area (Å²) in [6.45, 7) is 8.62. The summed E-state index contributed by atoms with van der Waals surface area (Å²) in [4.78, 5) is 22.5. The predicted octanol–water partition coefficient (Wildman–Crippen LogP) is 2.21. The van der Waals surface area contributed by atoms with Gasteiger partial charge < -0.3 is 20.2 Å². The van der Waals surface area contributed by atoms with E-state index in [1.807, 2.05) is 0 Å². The molecule has 1 fully saturated rings. The summed E-state index contributed by atoms with van der Waals surface area (Å²) in [5, 5.41) is 14.3. The largest absolute Gasteiger partial charge is 0.475 e. The number of urea groups is 1. The van der Waals surface area contributed by atoms with Crippen molar-refractivity contribution >= 4 is 12.0 Å². The third kappa shape index (κ3) is 2.37. The molecule has 1 aliphatic rings. The van der Waals surface area contributed by atoms with Crippen LogP contribution in [0, 0.1) is 10.8 Å². The molecule has 1 saturated carbocycles. The smallest absolute Gasteiger partial charge is 0.371 e. The molecule has 110 valence electrons. The van der Waals surface area contributed by atoms with Gasteiger partial charge in [0.25, 0.3) is 0 Å². The second kappa shape index (κ2) is 4.54. The fourth-order valence-corrected chi connectivity index (χ4v) is 2.49. The van der Waals surface area contributed by atoms with Gasteiger partial charge in [-0.15, -0.1) is 0 Å². The normalized spacial score (nSPS) is 19.4. The number of amides is 2. The molecule has 0 aromatic carbocycles. The zero-order valence-electron chi connectivity index (χ0n) is 12.1. The van der Waals surface area contributed by atoms with Crippen molar-refractivity contribution in [2.24, 2.45) is 10.8 Å².